The summed E-state index contributed by atoms with van der Waals surface area (Å²) in [4.78, 5) is 0. The van der Waals surface area contributed by atoms with E-state index in [0.29, 0.717) is 0 Å². The zero-order valence-electron chi connectivity index (χ0n) is 22.7. The summed E-state index contributed by atoms with van der Waals surface area (Å²) < 4.78 is 31.3. The van der Waals surface area contributed by atoms with Crippen molar-refractivity contribution in [1.82, 2.24) is 0 Å². The van der Waals surface area contributed by atoms with Crippen molar-refractivity contribution in [3.8, 4) is 0 Å². The lowest BCUT2D eigenvalue weighted by atomic mass is 9.80. The largest absolute Gasteiger partial charge is 0.369 e. The van der Waals surface area contributed by atoms with Crippen LogP contribution in [0.25, 0.3) is 0 Å². The molecule has 3 aromatic carbocycles. The van der Waals surface area contributed by atoms with Crippen LogP contribution in [0.15, 0.2) is 129 Å². The maximum absolute atomic E-state index is 11.0. The second-order valence-corrected chi connectivity index (χ2v) is 9.42. The molecule has 0 unspecified atom stereocenters. The summed E-state index contributed by atoms with van der Waals surface area (Å²) in [5.74, 6) is 0. The van der Waals surface area contributed by atoms with Crippen LogP contribution in [-0.2, 0) is 29.3 Å². The van der Waals surface area contributed by atoms with Crippen molar-refractivity contribution < 1.29 is 28.8 Å². The van der Waals surface area contributed by atoms with E-state index < -0.39 is 36.3 Å². The van der Waals surface area contributed by atoms with E-state index >= 15 is 0 Å². The van der Waals surface area contributed by atoms with E-state index in [2.05, 4.69) is 56.1 Å². The normalized spacial score (nSPS) is 22.9. The van der Waals surface area contributed by atoms with E-state index in [0.717, 1.165) is 16.7 Å². The number of benzene rings is 3. The zero-order chi connectivity index (χ0) is 28.2. The fourth-order valence-corrected chi connectivity index (χ4v) is 5.11. The predicted octanol–water partition coefficient (Wildman–Crippen LogP) is 5.43. The maximum atomic E-state index is 11.0. The van der Waals surface area contributed by atoms with Gasteiger partial charge in [0.25, 0.3) is 0 Å². The van der Waals surface area contributed by atoms with Gasteiger partial charge in [-0.25, -0.2) is 0 Å². The van der Waals surface area contributed by atoms with Crippen molar-refractivity contribution in [3.05, 3.63) is 146 Å². The van der Waals surface area contributed by atoms with Gasteiger partial charge in [-0.2, -0.15) is 0 Å². The van der Waals surface area contributed by atoms with E-state index in [9.17, 15) is 5.11 Å². The second kappa shape index (κ2) is 14.9. The first-order valence-corrected chi connectivity index (χ1v) is 13.5. The Labute approximate surface area is 237 Å². The minimum Gasteiger partial charge on any atom is -0.369 e. The highest BCUT2D eigenvalue weighted by Gasteiger charge is 2.49. The fourth-order valence-electron chi connectivity index (χ4n) is 5.11. The van der Waals surface area contributed by atoms with E-state index in [1.165, 1.54) is 0 Å². The topological polar surface area (TPSA) is 66.4 Å². The highest BCUT2D eigenvalue weighted by atomic mass is 16.7. The van der Waals surface area contributed by atoms with Gasteiger partial charge in [0.1, 0.15) is 30.0 Å². The van der Waals surface area contributed by atoms with Gasteiger partial charge in [-0.05, 0) is 16.7 Å². The predicted molar refractivity (Wildman–Crippen MR) is 156 cm³/mol. The number of aliphatic hydroxyl groups is 1. The van der Waals surface area contributed by atoms with Gasteiger partial charge >= 0.3 is 0 Å². The minimum absolute atomic E-state index is 0.0830. The molecule has 0 bridgehead atoms. The Bertz CT molecular complexity index is 1090. The number of ether oxygens (including phenoxy) is 5. The molecule has 40 heavy (non-hydrogen) atoms. The Morgan fingerprint density at radius 2 is 1.02 bits per heavy atom. The van der Waals surface area contributed by atoms with Crippen LogP contribution >= 0.6 is 0 Å². The van der Waals surface area contributed by atoms with Gasteiger partial charge in [0.05, 0.1) is 26.4 Å². The van der Waals surface area contributed by atoms with Crippen molar-refractivity contribution in [2.75, 3.05) is 26.4 Å². The summed E-state index contributed by atoms with van der Waals surface area (Å²) in [5.41, 5.74) is 1.91. The number of hydrogen-bond donors (Lipinski definition) is 1. The molecule has 0 aliphatic carbocycles. The van der Waals surface area contributed by atoms with Crippen LogP contribution in [-0.4, -0.2) is 62.2 Å². The van der Waals surface area contributed by atoms with Gasteiger partial charge in [0, 0.05) is 0 Å². The third kappa shape index (κ3) is 6.67. The average Bonchev–Trinajstić information content (AvgIpc) is 3.01. The highest BCUT2D eigenvalue weighted by molar-refractivity contribution is 5.47. The highest BCUT2D eigenvalue weighted by Crippen LogP contribution is 2.41. The van der Waals surface area contributed by atoms with Crippen LogP contribution in [0.2, 0.25) is 0 Å². The van der Waals surface area contributed by atoms with Crippen molar-refractivity contribution in [3.63, 3.8) is 0 Å². The summed E-state index contributed by atoms with van der Waals surface area (Å²) in [6.07, 6.45) is 0.871. The van der Waals surface area contributed by atoms with Crippen LogP contribution in [0.3, 0.4) is 0 Å². The Kier molecular flexibility index (Phi) is 11.0. The Morgan fingerprint density at radius 1 is 0.625 bits per heavy atom. The SMILES string of the molecule is C=CCO[C@@H]1[C@@H](OCC=C)[C@@H](O)O[C@H](COC(c2ccccc2)(c2ccccc2)c2ccccc2)[C@@H]1OCC=C. The second-order valence-electron chi connectivity index (χ2n) is 9.42. The van der Waals surface area contributed by atoms with Gasteiger partial charge in [-0.15, -0.1) is 19.7 Å². The first kappa shape index (κ1) is 29.6. The lowest BCUT2D eigenvalue weighted by molar-refractivity contribution is -0.310. The van der Waals surface area contributed by atoms with Crippen molar-refractivity contribution >= 4 is 0 Å². The van der Waals surface area contributed by atoms with Gasteiger partial charge in [-0.3, -0.25) is 0 Å². The molecule has 6 nitrogen and oxygen atoms in total. The standard InChI is InChI=1S/C34H38O6/c1-4-22-36-30-29(40-33(35)32(38-24-6-3)31(30)37-23-5-2)25-39-34(26-16-10-7-11-17-26,27-18-12-8-13-19-27)28-20-14-9-15-21-28/h4-21,29-33,35H,1-3,22-25H2/t29-,30+,31+,32-,33+/m1/s1. The maximum Gasteiger partial charge on any atom is 0.184 e. The molecule has 1 aliphatic heterocycles. The van der Waals surface area contributed by atoms with Crippen LogP contribution in [0.5, 0.6) is 0 Å². The molecule has 0 amide bonds. The van der Waals surface area contributed by atoms with E-state index in [4.69, 9.17) is 23.7 Å². The molecular weight excluding hydrogens is 504 g/mol. The number of hydrogen-bond acceptors (Lipinski definition) is 6. The third-order valence-electron chi connectivity index (χ3n) is 6.83. The Balaban J connectivity index is 1.75. The lowest BCUT2D eigenvalue weighted by Crippen LogP contribution is -2.61. The monoisotopic (exact) mass is 542 g/mol. The summed E-state index contributed by atoms with van der Waals surface area (Å²) in [6.45, 7) is 12.1. The molecule has 4 rings (SSSR count). The Morgan fingerprint density at radius 3 is 1.45 bits per heavy atom. The van der Waals surface area contributed by atoms with E-state index in [-0.39, 0.29) is 26.4 Å². The summed E-state index contributed by atoms with van der Waals surface area (Å²) in [5, 5.41) is 11.0. The van der Waals surface area contributed by atoms with E-state index in [1.807, 2.05) is 54.6 Å². The molecule has 0 aromatic heterocycles. The molecule has 0 radical (unpaired) electrons. The van der Waals surface area contributed by atoms with Crippen molar-refractivity contribution in [2.45, 2.75) is 36.3 Å². The minimum atomic E-state index is -1.27. The quantitative estimate of drug-likeness (QED) is 0.204. The molecular formula is C34H38O6. The molecule has 0 saturated carbocycles. The molecule has 5 atom stereocenters. The third-order valence-corrected chi connectivity index (χ3v) is 6.83. The first-order chi connectivity index (χ1) is 19.7. The Hall–Kier alpha value is -3.36. The molecule has 1 saturated heterocycles. The number of aliphatic hydroxyl groups excluding tert-OH is 1. The van der Waals surface area contributed by atoms with Gasteiger partial charge in [0.2, 0.25) is 0 Å². The fraction of sp³-hybridized carbons (Fsp3) is 0.294. The molecule has 1 aliphatic rings. The number of rotatable bonds is 15. The van der Waals surface area contributed by atoms with Crippen molar-refractivity contribution in [2.24, 2.45) is 0 Å². The molecule has 1 heterocycles. The average molecular weight is 543 g/mol. The molecule has 3 aromatic rings. The lowest BCUT2D eigenvalue weighted by Gasteiger charge is -2.45. The van der Waals surface area contributed by atoms with E-state index in [1.54, 1.807) is 18.2 Å². The zero-order valence-corrected chi connectivity index (χ0v) is 22.7. The first-order valence-electron chi connectivity index (χ1n) is 13.5. The van der Waals surface area contributed by atoms with Gasteiger partial charge < -0.3 is 28.8 Å². The van der Waals surface area contributed by atoms with Crippen molar-refractivity contribution in [1.29, 1.82) is 0 Å². The summed E-state index contributed by atoms with van der Waals surface area (Å²) in [7, 11) is 0. The van der Waals surface area contributed by atoms with Crippen LogP contribution in [0.4, 0.5) is 0 Å². The van der Waals surface area contributed by atoms with Crippen LogP contribution in [0.1, 0.15) is 16.7 Å². The summed E-state index contributed by atoms with van der Waals surface area (Å²) in [6, 6.07) is 30.2. The van der Waals surface area contributed by atoms with Gasteiger partial charge in [0.15, 0.2) is 6.29 Å². The summed E-state index contributed by atoms with van der Waals surface area (Å²) >= 11 is 0. The van der Waals surface area contributed by atoms with Crippen LogP contribution < -0.4 is 0 Å². The molecule has 1 fully saturated rings. The van der Waals surface area contributed by atoms with Crippen LogP contribution in [0, 0.1) is 0 Å². The van der Waals surface area contributed by atoms with Gasteiger partial charge in [-0.1, -0.05) is 109 Å². The molecule has 210 valence electrons. The molecule has 1 N–H and O–H groups in total. The smallest absolute Gasteiger partial charge is 0.184 e. The molecule has 0 spiro atoms. The molecule has 6 heteroatoms.